The van der Waals surface area contributed by atoms with Crippen LogP contribution in [-0.4, -0.2) is 68.6 Å². The number of anilines is 1. The van der Waals surface area contributed by atoms with Gasteiger partial charge < -0.3 is 20.6 Å². The van der Waals surface area contributed by atoms with Crippen molar-refractivity contribution in [2.45, 2.75) is 65.3 Å². The first kappa shape index (κ1) is 23.7. The van der Waals surface area contributed by atoms with Crippen LogP contribution in [0.2, 0.25) is 0 Å². The van der Waals surface area contributed by atoms with Gasteiger partial charge in [0.1, 0.15) is 17.8 Å². The Morgan fingerprint density at radius 1 is 1.25 bits per heavy atom. The van der Waals surface area contributed by atoms with Crippen LogP contribution in [0.1, 0.15) is 47.1 Å². The fourth-order valence-electron chi connectivity index (χ4n) is 4.15. The third-order valence-corrected chi connectivity index (χ3v) is 5.55. The second-order valence-corrected chi connectivity index (χ2v) is 9.74. The molecule has 0 radical (unpaired) electrons. The van der Waals surface area contributed by atoms with Crippen LogP contribution < -0.4 is 10.6 Å². The minimum atomic E-state index is -0.732. The molecule has 9 nitrogen and oxygen atoms in total. The molecule has 1 aliphatic heterocycles. The smallest absolute Gasteiger partial charge is 0.248 e. The normalized spacial score (nSPS) is 19.8. The molecule has 0 spiro atoms. The summed E-state index contributed by atoms with van der Waals surface area (Å²) >= 11 is 0. The Morgan fingerprint density at radius 2 is 1.97 bits per heavy atom. The van der Waals surface area contributed by atoms with Crippen LogP contribution in [0.3, 0.4) is 0 Å². The molecule has 1 saturated heterocycles. The fourth-order valence-corrected chi connectivity index (χ4v) is 4.15. The molecule has 32 heavy (non-hydrogen) atoms. The number of likely N-dealkylation sites (tertiary alicyclic amines) is 1. The zero-order valence-electron chi connectivity index (χ0n) is 19.7. The number of aliphatic hydroxyl groups is 1. The summed E-state index contributed by atoms with van der Waals surface area (Å²) in [7, 11) is 1.53. The number of nitrogens with one attached hydrogen (secondary N) is 2. The van der Waals surface area contributed by atoms with Crippen LogP contribution in [0.4, 0.5) is 5.69 Å². The summed E-state index contributed by atoms with van der Waals surface area (Å²) in [6, 6.07) is 6.81. The van der Waals surface area contributed by atoms with E-state index in [1.54, 1.807) is 10.9 Å². The van der Waals surface area contributed by atoms with Gasteiger partial charge in [-0.3, -0.25) is 9.59 Å². The zero-order valence-corrected chi connectivity index (χ0v) is 19.7. The highest BCUT2D eigenvalue weighted by Gasteiger charge is 2.45. The maximum Gasteiger partial charge on any atom is 0.248 e. The van der Waals surface area contributed by atoms with Gasteiger partial charge >= 0.3 is 0 Å². The quantitative estimate of drug-likeness (QED) is 0.631. The molecule has 2 aromatic rings. The van der Waals surface area contributed by atoms with Gasteiger partial charge in [0, 0.05) is 37.3 Å². The van der Waals surface area contributed by atoms with Crippen LogP contribution in [0.5, 0.6) is 0 Å². The molecule has 2 heterocycles. The molecule has 2 unspecified atom stereocenters. The Bertz CT molecular complexity index is 965. The number of aliphatic hydroxyl groups excluding tert-OH is 1. The molecule has 174 valence electrons. The fraction of sp³-hybridized carbons (Fsp3) is 0.565. The van der Waals surface area contributed by atoms with E-state index in [2.05, 4.69) is 34.8 Å². The van der Waals surface area contributed by atoms with Crippen molar-refractivity contribution >= 4 is 17.5 Å². The molecule has 1 aromatic heterocycles. The monoisotopic (exact) mass is 442 g/mol. The number of likely N-dealkylation sites (N-methyl/N-ethyl adjacent to an activating group) is 1. The third kappa shape index (κ3) is 5.09. The lowest BCUT2D eigenvalue weighted by Gasteiger charge is -2.34. The van der Waals surface area contributed by atoms with Crippen LogP contribution in [-0.2, 0) is 9.59 Å². The van der Waals surface area contributed by atoms with E-state index < -0.39 is 23.6 Å². The second-order valence-electron chi connectivity index (χ2n) is 9.74. The van der Waals surface area contributed by atoms with Gasteiger partial charge in [0.05, 0.1) is 12.3 Å². The van der Waals surface area contributed by atoms with Crippen LogP contribution in [0, 0.1) is 5.41 Å². The first-order valence-electron chi connectivity index (χ1n) is 11.0. The number of amides is 2. The molecule has 9 heteroatoms. The maximum absolute atomic E-state index is 13.6. The number of benzene rings is 1. The molecule has 0 bridgehead atoms. The summed E-state index contributed by atoms with van der Waals surface area (Å²) in [5, 5.41) is 24.7. The standard InChI is InChI=1S/C23H34N6O3/c1-14(2)25-16-9-7-8-15(10-16)18-13-29(27-26-18)20(23(3,4)5)22(32)28-12-17(30)11-19(28)21(31)24-6/h7-10,13-14,17,19-20,25,30H,11-12H2,1-6H3,(H,24,31)/t17?,19-,20?/m1/s1. The van der Waals surface area contributed by atoms with Crippen molar-refractivity contribution in [1.29, 1.82) is 0 Å². The Kier molecular flexibility index (Phi) is 6.88. The highest BCUT2D eigenvalue weighted by Crippen LogP contribution is 2.35. The van der Waals surface area contributed by atoms with E-state index in [-0.39, 0.29) is 24.8 Å². The van der Waals surface area contributed by atoms with Crippen molar-refractivity contribution in [2.24, 2.45) is 5.41 Å². The molecule has 3 atom stereocenters. The molecule has 1 aromatic carbocycles. The lowest BCUT2D eigenvalue weighted by molar-refractivity contribution is -0.144. The summed E-state index contributed by atoms with van der Waals surface area (Å²) in [5.74, 6) is -0.536. The topological polar surface area (TPSA) is 112 Å². The SMILES string of the molecule is CNC(=O)[C@H]1CC(O)CN1C(=O)C(n1cc(-c2cccc(NC(C)C)c2)nn1)C(C)(C)C. The molecule has 3 rings (SSSR count). The minimum absolute atomic E-state index is 0.119. The largest absolute Gasteiger partial charge is 0.391 e. The Labute approximate surface area is 189 Å². The van der Waals surface area contributed by atoms with Crippen molar-refractivity contribution in [2.75, 3.05) is 18.9 Å². The number of hydrogen-bond acceptors (Lipinski definition) is 6. The predicted molar refractivity (Wildman–Crippen MR) is 123 cm³/mol. The molecule has 1 aliphatic rings. The lowest BCUT2D eigenvalue weighted by atomic mass is 9.85. The Hall–Kier alpha value is -2.94. The van der Waals surface area contributed by atoms with Gasteiger partial charge in [-0.2, -0.15) is 0 Å². The van der Waals surface area contributed by atoms with E-state index >= 15 is 0 Å². The van der Waals surface area contributed by atoms with Crippen LogP contribution in [0.25, 0.3) is 11.3 Å². The van der Waals surface area contributed by atoms with E-state index in [1.165, 1.54) is 11.9 Å². The van der Waals surface area contributed by atoms with Gasteiger partial charge in [0.15, 0.2) is 0 Å². The first-order valence-corrected chi connectivity index (χ1v) is 11.0. The molecule has 0 saturated carbocycles. The number of rotatable bonds is 6. The molecular weight excluding hydrogens is 408 g/mol. The van der Waals surface area contributed by atoms with Gasteiger partial charge in [-0.1, -0.05) is 38.1 Å². The predicted octanol–water partition coefficient (Wildman–Crippen LogP) is 2.06. The van der Waals surface area contributed by atoms with Crippen LogP contribution in [0.15, 0.2) is 30.5 Å². The van der Waals surface area contributed by atoms with E-state index in [4.69, 9.17) is 0 Å². The van der Waals surface area contributed by atoms with E-state index in [9.17, 15) is 14.7 Å². The molecule has 0 aliphatic carbocycles. The lowest BCUT2D eigenvalue weighted by Crippen LogP contribution is -2.49. The van der Waals surface area contributed by atoms with E-state index in [0.29, 0.717) is 11.7 Å². The highest BCUT2D eigenvalue weighted by atomic mass is 16.3. The van der Waals surface area contributed by atoms with Crippen LogP contribution >= 0.6 is 0 Å². The molecular formula is C23H34N6O3. The van der Waals surface area contributed by atoms with Crippen molar-refractivity contribution in [3.63, 3.8) is 0 Å². The number of carbonyl (C=O) groups excluding carboxylic acids is 2. The van der Waals surface area contributed by atoms with E-state index in [0.717, 1.165) is 11.3 Å². The van der Waals surface area contributed by atoms with E-state index in [1.807, 2.05) is 45.0 Å². The third-order valence-electron chi connectivity index (χ3n) is 5.55. The summed E-state index contributed by atoms with van der Waals surface area (Å²) in [4.78, 5) is 27.4. The van der Waals surface area contributed by atoms with Crippen molar-refractivity contribution in [3.05, 3.63) is 30.5 Å². The first-order chi connectivity index (χ1) is 15.0. The van der Waals surface area contributed by atoms with Crippen molar-refractivity contribution in [3.8, 4) is 11.3 Å². The van der Waals surface area contributed by atoms with Crippen molar-refractivity contribution in [1.82, 2.24) is 25.2 Å². The average Bonchev–Trinajstić information content (AvgIpc) is 3.33. The highest BCUT2D eigenvalue weighted by molar-refractivity contribution is 5.90. The van der Waals surface area contributed by atoms with Crippen molar-refractivity contribution < 1.29 is 14.7 Å². The van der Waals surface area contributed by atoms with Gasteiger partial charge in [0.25, 0.3) is 0 Å². The zero-order chi connectivity index (χ0) is 23.6. The Morgan fingerprint density at radius 3 is 2.59 bits per heavy atom. The number of nitrogens with zero attached hydrogens (tertiary/aromatic N) is 4. The number of carbonyl (C=O) groups is 2. The molecule has 1 fully saturated rings. The summed E-state index contributed by atoms with van der Waals surface area (Å²) < 4.78 is 1.58. The Balaban J connectivity index is 1.92. The minimum Gasteiger partial charge on any atom is -0.391 e. The summed E-state index contributed by atoms with van der Waals surface area (Å²) in [5.41, 5.74) is 2.03. The van der Waals surface area contributed by atoms with Gasteiger partial charge in [-0.05, 0) is 31.4 Å². The summed E-state index contributed by atoms with van der Waals surface area (Å²) in [6.07, 6.45) is 1.26. The maximum atomic E-state index is 13.6. The van der Waals surface area contributed by atoms with Gasteiger partial charge in [-0.15, -0.1) is 5.10 Å². The number of hydrogen-bond donors (Lipinski definition) is 3. The number of β-amino-alcohol motifs (C(OH)–C–C–N with tert-alkyl or cyclic N) is 1. The summed E-state index contributed by atoms with van der Waals surface area (Å²) in [6.45, 7) is 10.1. The second kappa shape index (κ2) is 9.28. The van der Waals surface area contributed by atoms with Gasteiger partial charge in [0.2, 0.25) is 11.8 Å². The average molecular weight is 443 g/mol. The molecule has 3 N–H and O–H groups in total. The molecule has 2 amide bonds. The number of aromatic nitrogens is 3. The van der Waals surface area contributed by atoms with Gasteiger partial charge in [-0.25, -0.2) is 4.68 Å².